The lowest BCUT2D eigenvalue weighted by molar-refractivity contribution is 0.835. The molecule has 5 heteroatoms. The first-order valence-corrected chi connectivity index (χ1v) is 8.61. The third-order valence-electron chi connectivity index (χ3n) is 2.54. The fourth-order valence-electron chi connectivity index (χ4n) is 1.58. The first kappa shape index (κ1) is 12.0. The van der Waals surface area contributed by atoms with Crippen LogP contribution in [0, 0.1) is 0 Å². The van der Waals surface area contributed by atoms with Crippen LogP contribution in [0.3, 0.4) is 0 Å². The van der Waals surface area contributed by atoms with E-state index in [9.17, 15) is 0 Å². The maximum absolute atomic E-state index is 4.52. The summed E-state index contributed by atoms with van der Waals surface area (Å²) < 4.78 is 0. The quantitative estimate of drug-likeness (QED) is 0.843. The number of amidine groups is 1. The van der Waals surface area contributed by atoms with Crippen molar-refractivity contribution in [1.82, 2.24) is 5.32 Å². The van der Waals surface area contributed by atoms with Crippen LogP contribution in [0.15, 0.2) is 4.99 Å². The van der Waals surface area contributed by atoms with Gasteiger partial charge >= 0.3 is 0 Å². The summed E-state index contributed by atoms with van der Waals surface area (Å²) in [7, 11) is 0. The number of hydrogen-bond acceptors (Lipinski definition) is 5. The van der Waals surface area contributed by atoms with Gasteiger partial charge in [-0.15, -0.1) is 0 Å². The maximum atomic E-state index is 4.52. The van der Waals surface area contributed by atoms with Crippen LogP contribution >= 0.6 is 35.3 Å². The van der Waals surface area contributed by atoms with Crippen molar-refractivity contribution in [2.24, 2.45) is 4.99 Å². The Labute approximate surface area is 105 Å². The lowest BCUT2D eigenvalue weighted by Crippen LogP contribution is -2.31. The lowest BCUT2D eigenvalue weighted by Gasteiger charge is -2.21. The summed E-state index contributed by atoms with van der Waals surface area (Å²) >= 11 is 6.11. The van der Waals surface area contributed by atoms with Crippen LogP contribution in [0.25, 0.3) is 0 Å². The molecule has 0 radical (unpaired) electrons. The Morgan fingerprint density at radius 1 is 1.40 bits per heavy atom. The van der Waals surface area contributed by atoms with Gasteiger partial charge in [-0.05, 0) is 6.42 Å². The molecule has 0 saturated carbocycles. The Balaban J connectivity index is 1.65. The molecule has 0 amide bonds. The van der Waals surface area contributed by atoms with Gasteiger partial charge in [0.15, 0.2) is 5.17 Å². The van der Waals surface area contributed by atoms with Crippen LogP contribution in [-0.2, 0) is 0 Å². The van der Waals surface area contributed by atoms with E-state index in [0.29, 0.717) is 0 Å². The molecule has 2 nitrogen and oxygen atoms in total. The minimum atomic E-state index is 0.723. The van der Waals surface area contributed by atoms with E-state index in [1.54, 1.807) is 0 Å². The number of rotatable bonds is 3. The number of aliphatic imine (C=N–C) groups is 1. The summed E-state index contributed by atoms with van der Waals surface area (Å²) in [5.41, 5.74) is 0. The van der Waals surface area contributed by atoms with E-state index in [1.165, 1.54) is 28.8 Å². The second-order valence-corrected chi connectivity index (χ2v) is 7.59. The molecular weight excluding hydrogens is 244 g/mol. The Kier molecular flexibility index (Phi) is 5.04. The molecule has 0 aromatic carbocycles. The first-order valence-electron chi connectivity index (χ1n) is 5.53. The highest BCUT2D eigenvalue weighted by molar-refractivity contribution is 8.14. The molecule has 15 heavy (non-hydrogen) atoms. The molecule has 0 aromatic rings. The molecule has 2 unspecified atom stereocenters. The smallest absolute Gasteiger partial charge is 0.156 e. The summed E-state index contributed by atoms with van der Waals surface area (Å²) in [5, 5.41) is 6.18. The second-order valence-electron chi connectivity index (χ2n) is 3.74. The van der Waals surface area contributed by atoms with Crippen molar-refractivity contribution in [3.8, 4) is 0 Å². The monoisotopic (exact) mass is 262 g/mol. The molecular formula is C10H18N2S3. The van der Waals surface area contributed by atoms with Crippen molar-refractivity contribution in [2.45, 2.75) is 23.8 Å². The number of hydrogen-bond donors (Lipinski definition) is 1. The Morgan fingerprint density at radius 2 is 2.33 bits per heavy atom. The van der Waals surface area contributed by atoms with Crippen LogP contribution in [0.5, 0.6) is 0 Å². The van der Waals surface area contributed by atoms with Crippen LogP contribution in [0.2, 0.25) is 0 Å². The largest absolute Gasteiger partial charge is 0.364 e. The van der Waals surface area contributed by atoms with Gasteiger partial charge in [0.1, 0.15) is 0 Å². The van der Waals surface area contributed by atoms with Gasteiger partial charge in [-0.2, -0.15) is 23.5 Å². The topological polar surface area (TPSA) is 24.4 Å². The third-order valence-corrected chi connectivity index (χ3v) is 6.70. The molecule has 2 aliphatic rings. The highest BCUT2D eigenvalue weighted by Crippen LogP contribution is 2.25. The second kappa shape index (κ2) is 6.30. The standard InChI is InChI=1S/C10H18N2S3/c1-2-8-5-11-10(15-8)12-6-9-7-13-3-4-14-9/h8-9H,2-7H2,1H3,(H,11,12). The highest BCUT2D eigenvalue weighted by atomic mass is 32.2. The molecule has 86 valence electrons. The molecule has 0 aromatic heterocycles. The van der Waals surface area contributed by atoms with Gasteiger partial charge in [0.25, 0.3) is 0 Å². The summed E-state index contributed by atoms with van der Waals surface area (Å²) in [6.45, 7) is 4.35. The van der Waals surface area contributed by atoms with Crippen molar-refractivity contribution in [1.29, 1.82) is 0 Å². The van der Waals surface area contributed by atoms with E-state index < -0.39 is 0 Å². The van der Waals surface area contributed by atoms with Crippen molar-refractivity contribution < 1.29 is 0 Å². The average molecular weight is 262 g/mol. The fraction of sp³-hybridized carbons (Fsp3) is 0.900. The summed E-state index contributed by atoms with van der Waals surface area (Å²) in [4.78, 5) is 4.52. The predicted octanol–water partition coefficient (Wildman–Crippen LogP) is 2.31. The van der Waals surface area contributed by atoms with E-state index in [2.05, 4.69) is 40.8 Å². The average Bonchev–Trinajstić information content (AvgIpc) is 2.76. The van der Waals surface area contributed by atoms with E-state index in [1.807, 2.05) is 11.8 Å². The van der Waals surface area contributed by atoms with Gasteiger partial charge < -0.3 is 5.32 Å². The molecule has 2 aliphatic heterocycles. The third kappa shape index (κ3) is 3.79. The van der Waals surface area contributed by atoms with E-state index in [0.717, 1.165) is 23.6 Å². The normalized spacial score (nSPS) is 31.4. The van der Waals surface area contributed by atoms with E-state index >= 15 is 0 Å². The Morgan fingerprint density at radius 3 is 3.00 bits per heavy atom. The fourth-order valence-corrected chi connectivity index (χ4v) is 5.14. The van der Waals surface area contributed by atoms with E-state index in [-0.39, 0.29) is 0 Å². The van der Waals surface area contributed by atoms with Gasteiger partial charge in [-0.1, -0.05) is 18.7 Å². The zero-order chi connectivity index (χ0) is 10.5. The van der Waals surface area contributed by atoms with Crippen LogP contribution < -0.4 is 5.32 Å². The molecule has 2 heterocycles. The van der Waals surface area contributed by atoms with E-state index in [4.69, 9.17) is 0 Å². The maximum Gasteiger partial charge on any atom is 0.156 e. The van der Waals surface area contributed by atoms with Crippen molar-refractivity contribution in [2.75, 3.05) is 30.3 Å². The summed E-state index contributed by atoms with van der Waals surface area (Å²) in [6.07, 6.45) is 1.23. The van der Waals surface area contributed by atoms with Crippen molar-refractivity contribution >= 4 is 40.5 Å². The number of thioether (sulfide) groups is 3. The van der Waals surface area contributed by atoms with Gasteiger partial charge in [-0.3, -0.25) is 4.99 Å². The van der Waals surface area contributed by atoms with Gasteiger partial charge in [0.2, 0.25) is 0 Å². The molecule has 0 spiro atoms. The molecule has 2 rings (SSSR count). The van der Waals surface area contributed by atoms with Crippen LogP contribution in [0.4, 0.5) is 0 Å². The minimum absolute atomic E-state index is 0.723. The molecule has 2 atom stereocenters. The molecule has 1 fully saturated rings. The first-order chi connectivity index (χ1) is 7.38. The van der Waals surface area contributed by atoms with Gasteiger partial charge in [0.05, 0.1) is 6.54 Å². The summed E-state index contributed by atoms with van der Waals surface area (Å²) in [6, 6.07) is 0. The van der Waals surface area contributed by atoms with Gasteiger partial charge in [0, 0.05) is 34.3 Å². The zero-order valence-corrected chi connectivity index (χ0v) is 11.5. The SMILES string of the molecule is CCC1CN=C(NCC2CSCCS2)S1. The van der Waals surface area contributed by atoms with Crippen molar-refractivity contribution in [3.05, 3.63) is 0 Å². The summed E-state index contributed by atoms with van der Waals surface area (Å²) in [5.74, 6) is 3.94. The zero-order valence-electron chi connectivity index (χ0n) is 9.07. The minimum Gasteiger partial charge on any atom is -0.364 e. The Bertz CT molecular complexity index is 227. The van der Waals surface area contributed by atoms with Crippen LogP contribution in [-0.4, -0.2) is 46.0 Å². The Hall–Kier alpha value is 0.520. The lowest BCUT2D eigenvalue weighted by atomic mass is 10.3. The highest BCUT2D eigenvalue weighted by Gasteiger charge is 2.19. The van der Waals surface area contributed by atoms with Gasteiger partial charge in [-0.25, -0.2) is 0 Å². The molecule has 1 N–H and O–H groups in total. The number of nitrogens with one attached hydrogen (secondary N) is 1. The van der Waals surface area contributed by atoms with Crippen molar-refractivity contribution in [3.63, 3.8) is 0 Å². The molecule has 0 bridgehead atoms. The molecule has 0 aliphatic carbocycles. The number of nitrogens with zero attached hydrogens (tertiary/aromatic N) is 1. The molecule has 1 saturated heterocycles. The van der Waals surface area contributed by atoms with Crippen LogP contribution in [0.1, 0.15) is 13.3 Å². The predicted molar refractivity (Wildman–Crippen MR) is 75.5 cm³/mol.